The molecule has 2 aromatic heterocycles. The molecule has 2 atom stereocenters. The SMILES string of the molecule is CCC(C)(N)C(F)NC(=O)c1c(C)nc2c(OCc3c(F)cccc3F)nc(C)cn12. The highest BCUT2D eigenvalue weighted by Crippen LogP contribution is 2.24. The number of ether oxygens (including phenoxy) is 1. The van der Waals surface area contributed by atoms with E-state index in [2.05, 4.69) is 15.3 Å². The monoisotopic (exact) mass is 435 g/mol. The zero-order valence-electron chi connectivity index (χ0n) is 17.7. The first-order valence-corrected chi connectivity index (χ1v) is 9.71. The summed E-state index contributed by atoms with van der Waals surface area (Å²) >= 11 is 0. The number of fused-ring (bicyclic) bond motifs is 1. The van der Waals surface area contributed by atoms with Gasteiger partial charge in [0.05, 0.1) is 22.5 Å². The minimum Gasteiger partial charge on any atom is -0.470 e. The third-order valence-corrected chi connectivity index (χ3v) is 5.10. The highest BCUT2D eigenvalue weighted by Gasteiger charge is 2.31. The predicted molar refractivity (Wildman–Crippen MR) is 108 cm³/mol. The highest BCUT2D eigenvalue weighted by atomic mass is 19.1. The van der Waals surface area contributed by atoms with E-state index in [1.165, 1.54) is 23.6 Å². The molecule has 0 aliphatic rings. The summed E-state index contributed by atoms with van der Waals surface area (Å²) < 4.78 is 49.3. The summed E-state index contributed by atoms with van der Waals surface area (Å²) in [5.41, 5.74) is 5.38. The van der Waals surface area contributed by atoms with E-state index in [1.807, 2.05) is 0 Å². The van der Waals surface area contributed by atoms with Crippen molar-refractivity contribution in [1.82, 2.24) is 19.7 Å². The van der Waals surface area contributed by atoms with Crippen molar-refractivity contribution in [3.63, 3.8) is 0 Å². The number of hydrogen-bond acceptors (Lipinski definition) is 5. The first-order valence-electron chi connectivity index (χ1n) is 9.71. The Morgan fingerprint density at radius 2 is 1.94 bits per heavy atom. The fraction of sp³-hybridized carbons (Fsp3) is 0.381. The molecular formula is C21H24F3N5O2. The van der Waals surface area contributed by atoms with Crippen molar-refractivity contribution in [2.24, 2.45) is 5.73 Å². The maximum absolute atomic E-state index is 14.5. The zero-order valence-corrected chi connectivity index (χ0v) is 17.7. The third-order valence-electron chi connectivity index (χ3n) is 5.10. The Balaban J connectivity index is 1.95. The second-order valence-corrected chi connectivity index (χ2v) is 7.61. The summed E-state index contributed by atoms with van der Waals surface area (Å²) in [5.74, 6) is -2.23. The number of rotatable bonds is 7. The van der Waals surface area contributed by atoms with Crippen LogP contribution in [0.5, 0.6) is 5.88 Å². The van der Waals surface area contributed by atoms with Crippen LogP contribution in [0.1, 0.15) is 47.7 Å². The average Bonchev–Trinajstić information content (AvgIpc) is 3.03. The van der Waals surface area contributed by atoms with E-state index >= 15 is 0 Å². The maximum atomic E-state index is 14.5. The lowest BCUT2D eigenvalue weighted by Crippen LogP contribution is -2.54. The summed E-state index contributed by atoms with van der Waals surface area (Å²) in [6.07, 6.45) is 0.0709. The second-order valence-electron chi connectivity index (χ2n) is 7.61. The molecule has 2 heterocycles. The Hall–Kier alpha value is -3.14. The molecule has 7 nitrogen and oxygen atoms in total. The van der Waals surface area contributed by atoms with E-state index in [4.69, 9.17) is 10.5 Å². The minimum absolute atomic E-state index is 0.0150. The first kappa shape index (κ1) is 22.5. The van der Waals surface area contributed by atoms with Gasteiger partial charge in [-0.1, -0.05) is 13.0 Å². The molecule has 0 fully saturated rings. The van der Waals surface area contributed by atoms with Crippen LogP contribution >= 0.6 is 0 Å². The van der Waals surface area contributed by atoms with Gasteiger partial charge in [0.25, 0.3) is 11.8 Å². The van der Waals surface area contributed by atoms with Gasteiger partial charge in [-0.2, -0.15) is 0 Å². The van der Waals surface area contributed by atoms with Crippen LogP contribution in [0.4, 0.5) is 13.2 Å². The molecule has 0 aliphatic heterocycles. The number of halogens is 3. The number of nitrogens with two attached hydrogens (primary N) is 1. The fourth-order valence-corrected chi connectivity index (χ4v) is 2.96. The van der Waals surface area contributed by atoms with Crippen LogP contribution < -0.4 is 15.8 Å². The Kier molecular flexibility index (Phi) is 6.21. The molecule has 3 N–H and O–H groups in total. The Morgan fingerprint density at radius 1 is 1.29 bits per heavy atom. The standard InChI is InChI=1S/C21H24F3N5O2/c1-5-21(4,25)20(24)28-18(30)16-12(3)27-17-19(26-11(2)9-29(16)17)31-10-13-14(22)7-6-8-15(13)23/h6-9,20H,5,10,25H2,1-4H3,(H,28,30). The normalized spacial score (nSPS) is 14.3. The number of nitrogens with one attached hydrogen (secondary N) is 1. The molecule has 0 saturated carbocycles. The lowest BCUT2D eigenvalue weighted by molar-refractivity contribution is 0.0811. The van der Waals surface area contributed by atoms with E-state index < -0.39 is 36.0 Å². The lowest BCUT2D eigenvalue weighted by Gasteiger charge is -2.27. The molecule has 10 heteroatoms. The van der Waals surface area contributed by atoms with Crippen molar-refractivity contribution >= 4 is 11.6 Å². The predicted octanol–water partition coefficient (Wildman–Crippen LogP) is 3.36. The van der Waals surface area contributed by atoms with Crippen LogP contribution in [0.2, 0.25) is 0 Å². The number of alkyl halides is 1. The minimum atomic E-state index is -1.78. The molecule has 0 bridgehead atoms. The van der Waals surface area contributed by atoms with Crippen molar-refractivity contribution in [3.05, 3.63) is 58.7 Å². The molecule has 0 spiro atoms. The summed E-state index contributed by atoms with van der Waals surface area (Å²) in [4.78, 5) is 21.3. The van der Waals surface area contributed by atoms with Gasteiger partial charge in [-0.3, -0.25) is 9.20 Å². The van der Waals surface area contributed by atoms with Crippen LogP contribution in [0.25, 0.3) is 5.65 Å². The van der Waals surface area contributed by atoms with Gasteiger partial charge in [-0.05, 0) is 39.3 Å². The number of amides is 1. The highest BCUT2D eigenvalue weighted by molar-refractivity contribution is 5.95. The van der Waals surface area contributed by atoms with E-state index in [9.17, 15) is 18.0 Å². The smallest absolute Gasteiger partial charge is 0.272 e. The van der Waals surface area contributed by atoms with E-state index in [-0.39, 0.29) is 22.8 Å². The van der Waals surface area contributed by atoms with Crippen LogP contribution in [0.15, 0.2) is 24.4 Å². The maximum Gasteiger partial charge on any atom is 0.272 e. The van der Waals surface area contributed by atoms with Crippen LogP contribution in [0.3, 0.4) is 0 Å². The number of benzene rings is 1. The first-order chi connectivity index (χ1) is 14.5. The summed E-state index contributed by atoms with van der Waals surface area (Å²) in [7, 11) is 0. The van der Waals surface area contributed by atoms with Gasteiger partial charge in [0, 0.05) is 6.20 Å². The van der Waals surface area contributed by atoms with E-state index in [0.717, 1.165) is 12.1 Å². The van der Waals surface area contributed by atoms with Gasteiger partial charge in [0.1, 0.15) is 23.9 Å². The quantitative estimate of drug-likeness (QED) is 0.555. The number of nitrogens with zero attached hydrogens (tertiary/aromatic N) is 3. The van der Waals surface area contributed by atoms with Gasteiger partial charge in [0.2, 0.25) is 5.65 Å². The molecule has 0 radical (unpaired) electrons. The van der Waals surface area contributed by atoms with Crippen molar-refractivity contribution in [1.29, 1.82) is 0 Å². The fourth-order valence-electron chi connectivity index (χ4n) is 2.96. The molecule has 1 amide bonds. The van der Waals surface area contributed by atoms with Gasteiger partial charge in [-0.25, -0.2) is 23.1 Å². The number of carbonyl (C=O) groups is 1. The second kappa shape index (κ2) is 8.54. The van der Waals surface area contributed by atoms with Gasteiger partial charge >= 0.3 is 0 Å². The largest absolute Gasteiger partial charge is 0.470 e. The number of hydrogen-bond donors (Lipinski definition) is 2. The molecule has 31 heavy (non-hydrogen) atoms. The van der Waals surface area contributed by atoms with Crippen molar-refractivity contribution < 1.29 is 22.7 Å². The molecule has 166 valence electrons. The average molecular weight is 435 g/mol. The summed E-state index contributed by atoms with van der Waals surface area (Å²) in [5, 5.41) is 2.27. The number of imidazole rings is 1. The Bertz CT molecular complexity index is 1110. The van der Waals surface area contributed by atoms with Crippen LogP contribution in [0, 0.1) is 25.5 Å². The molecule has 0 aliphatic carbocycles. The Morgan fingerprint density at radius 3 is 2.55 bits per heavy atom. The molecule has 2 unspecified atom stereocenters. The zero-order chi connectivity index (χ0) is 22.9. The molecule has 3 aromatic rings. The number of aromatic nitrogens is 3. The molecule has 0 saturated heterocycles. The Labute approximate surface area is 177 Å². The van der Waals surface area contributed by atoms with Crippen molar-refractivity contribution in [2.75, 3.05) is 0 Å². The molecular weight excluding hydrogens is 411 g/mol. The molecule has 3 rings (SSSR count). The van der Waals surface area contributed by atoms with Crippen molar-refractivity contribution in [3.8, 4) is 5.88 Å². The number of carbonyl (C=O) groups excluding carboxylic acids is 1. The number of aryl methyl sites for hydroxylation is 2. The lowest BCUT2D eigenvalue weighted by atomic mass is 9.99. The van der Waals surface area contributed by atoms with E-state index in [0.29, 0.717) is 17.8 Å². The summed E-state index contributed by atoms with van der Waals surface area (Å²) in [6.45, 7) is 6.02. The summed E-state index contributed by atoms with van der Waals surface area (Å²) in [6, 6.07) is 3.50. The third kappa shape index (κ3) is 4.48. The van der Waals surface area contributed by atoms with Gasteiger partial charge in [-0.15, -0.1) is 0 Å². The van der Waals surface area contributed by atoms with Gasteiger partial charge < -0.3 is 15.8 Å². The van der Waals surface area contributed by atoms with Crippen molar-refractivity contribution in [2.45, 2.75) is 52.6 Å². The molecule has 1 aromatic carbocycles. The van der Waals surface area contributed by atoms with Crippen LogP contribution in [-0.2, 0) is 6.61 Å². The van der Waals surface area contributed by atoms with E-state index in [1.54, 1.807) is 20.8 Å². The van der Waals surface area contributed by atoms with Gasteiger partial charge in [0.15, 0.2) is 6.30 Å². The van der Waals surface area contributed by atoms with Crippen LogP contribution in [-0.4, -0.2) is 32.1 Å². The topological polar surface area (TPSA) is 94.5 Å².